The molecule has 148 valence electrons. The molecular formula is C20H23ClN4O2S. The molecular weight excluding hydrogens is 396 g/mol. The molecule has 0 spiro atoms. The largest absolute Gasteiger partial charge is 0.326 e. The predicted molar refractivity (Wildman–Crippen MR) is 116 cm³/mol. The van der Waals surface area contributed by atoms with Crippen molar-refractivity contribution in [3.8, 4) is 0 Å². The molecule has 6 nitrogen and oxygen atoms in total. The molecule has 0 aromatic heterocycles. The third kappa shape index (κ3) is 5.69. The van der Waals surface area contributed by atoms with Crippen LogP contribution in [0.1, 0.15) is 40.0 Å². The summed E-state index contributed by atoms with van der Waals surface area (Å²) in [5.41, 5.74) is 2.97. The number of carbonyl (C=O) groups excluding carboxylic acids is 2. The minimum absolute atomic E-state index is 0.0563. The fraction of sp³-hybridized carbons (Fsp3) is 0.400. The van der Waals surface area contributed by atoms with E-state index in [1.165, 1.54) is 17.3 Å². The van der Waals surface area contributed by atoms with E-state index in [4.69, 9.17) is 11.6 Å². The number of rotatable bonds is 4. The predicted octanol–water partition coefficient (Wildman–Crippen LogP) is 4.38. The highest BCUT2D eigenvalue weighted by Crippen LogP contribution is 2.34. The number of amides is 2. The van der Waals surface area contributed by atoms with Crippen LogP contribution in [0.4, 0.5) is 5.69 Å². The first-order chi connectivity index (χ1) is 13.2. The Morgan fingerprint density at radius 3 is 2.68 bits per heavy atom. The van der Waals surface area contributed by atoms with Gasteiger partial charge in [-0.05, 0) is 55.5 Å². The van der Waals surface area contributed by atoms with E-state index >= 15 is 0 Å². The van der Waals surface area contributed by atoms with Gasteiger partial charge in [0.1, 0.15) is 5.25 Å². The van der Waals surface area contributed by atoms with Crippen molar-refractivity contribution in [1.29, 1.82) is 0 Å². The van der Waals surface area contributed by atoms with Crippen molar-refractivity contribution < 1.29 is 9.59 Å². The molecule has 1 heterocycles. The second-order valence-corrected chi connectivity index (χ2v) is 9.49. The molecule has 2 N–H and O–H groups in total. The molecule has 2 amide bonds. The normalized spacial score (nSPS) is 24.2. The first kappa shape index (κ1) is 20.6. The Kier molecular flexibility index (Phi) is 6.25. The first-order valence-electron chi connectivity index (χ1n) is 9.05. The van der Waals surface area contributed by atoms with E-state index < -0.39 is 5.25 Å². The lowest BCUT2D eigenvalue weighted by Crippen LogP contribution is -2.28. The van der Waals surface area contributed by atoms with Gasteiger partial charge >= 0.3 is 0 Å². The number of amidine groups is 1. The van der Waals surface area contributed by atoms with Crippen molar-refractivity contribution >= 4 is 51.7 Å². The van der Waals surface area contributed by atoms with Crippen LogP contribution in [0.3, 0.4) is 0 Å². The van der Waals surface area contributed by atoms with E-state index in [2.05, 4.69) is 41.6 Å². The molecule has 1 unspecified atom stereocenters. The van der Waals surface area contributed by atoms with Crippen LogP contribution in [0.25, 0.3) is 0 Å². The minimum Gasteiger partial charge on any atom is -0.326 e. The lowest BCUT2D eigenvalue weighted by Gasteiger charge is -2.28. The van der Waals surface area contributed by atoms with Crippen LogP contribution in [-0.2, 0) is 9.59 Å². The van der Waals surface area contributed by atoms with Crippen LogP contribution < -0.4 is 10.6 Å². The summed E-state index contributed by atoms with van der Waals surface area (Å²) in [5, 5.41) is 14.5. The molecule has 2 aliphatic rings. The standard InChI is InChI=1S/C20H23ClN4O2S/c1-12-8-15(11-20(2,3)10-12)24-25-19-23-18(27)16(28-19)9-17(26)22-14-6-4-13(21)5-7-14/h4-8,16H,9-11H2,1-3H3,(H,22,26)(H,23,25,27)/b24-15-. The highest BCUT2D eigenvalue weighted by atomic mass is 35.5. The Balaban J connectivity index is 1.59. The monoisotopic (exact) mass is 418 g/mol. The van der Waals surface area contributed by atoms with Gasteiger partial charge in [-0.3, -0.25) is 9.59 Å². The summed E-state index contributed by atoms with van der Waals surface area (Å²) in [4.78, 5) is 24.4. The summed E-state index contributed by atoms with van der Waals surface area (Å²) in [5.74, 6) is -0.471. The second kappa shape index (κ2) is 8.49. The van der Waals surface area contributed by atoms with Crippen LogP contribution >= 0.6 is 23.4 Å². The number of nitrogens with one attached hydrogen (secondary N) is 2. The molecule has 0 bridgehead atoms. The van der Waals surface area contributed by atoms with Crippen molar-refractivity contribution in [1.82, 2.24) is 5.32 Å². The molecule has 8 heteroatoms. The van der Waals surface area contributed by atoms with Gasteiger partial charge in [0.15, 0.2) is 5.17 Å². The summed E-state index contributed by atoms with van der Waals surface area (Å²) >= 11 is 7.06. The summed E-state index contributed by atoms with van der Waals surface area (Å²) in [6, 6.07) is 6.82. The van der Waals surface area contributed by atoms with Crippen LogP contribution in [0, 0.1) is 5.41 Å². The van der Waals surface area contributed by atoms with Crippen LogP contribution in [0.15, 0.2) is 46.1 Å². The van der Waals surface area contributed by atoms with Gasteiger partial charge in [-0.25, -0.2) is 0 Å². The minimum atomic E-state index is -0.522. The number of halogens is 1. The third-order valence-corrected chi connectivity index (χ3v) is 5.70. The molecule has 1 aliphatic carbocycles. The SMILES string of the molecule is CC1=C/C(=N/N=C2\NC(=O)C(CC(=O)Nc3ccc(Cl)cc3)S2)CC(C)(C)C1. The number of hydrogen-bond donors (Lipinski definition) is 2. The van der Waals surface area contributed by atoms with Crippen molar-refractivity contribution in [3.05, 3.63) is 40.9 Å². The Hall–Kier alpha value is -2.12. The molecule has 0 saturated carbocycles. The fourth-order valence-electron chi connectivity index (χ4n) is 3.37. The van der Waals surface area contributed by atoms with E-state index in [0.717, 1.165) is 18.6 Å². The highest BCUT2D eigenvalue weighted by molar-refractivity contribution is 8.15. The number of nitrogens with zero attached hydrogens (tertiary/aromatic N) is 2. The van der Waals surface area contributed by atoms with Gasteiger partial charge in [-0.15, -0.1) is 5.10 Å². The number of thioether (sulfide) groups is 1. The smallest absolute Gasteiger partial charge is 0.240 e. The fourth-order valence-corrected chi connectivity index (χ4v) is 4.41. The maximum atomic E-state index is 12.2. The topological polar surface area (TPSA) is 82.9 Å². The summed E-state index contributed by atoms with van der Waals surface area (Å²) < 4.78 is 0. The Labute approximate surface area is 173 Å². The molecule has 1 aromatic rings. The molecule has 1 atom stereocenters. The Bertz CT molecular complexity index is 875. The zero-order chi connectivity index (χ0) is 20.3. The van der Waals surface area contributed by atoms with Crippen molar-refractivity contribution in [2.75, 3.05) is 5.32 Å². The van der Waals surface area contributed by atoms with E-state index in [9.17, 15) is 9.59 Å². The van der Waals surface area contributed by atoms with Crippen molar-refractivity contribution in [3.63, 3.8) is 0 Å². The van der Waals surface area contributed by atoms with Gasteiger partial charge in [0, 0.05) is 17.1 Å². The molecule has 3 rings (SSSR count). The molecule has 0 radical (unpaired) electrons. The Morgan fingerprint density at radius 2 is 2.00 bits per heavy atom. The van der Waals surface area contributed by atoms with Crippen LogP contribution in [0.2, 0.25) is 5.02 Å². The molecule has 1 fully saturated rings. The van der Waals surface area contributed by atoms with Crippen molar-refractivity contribution in [2.45, 2.75) is 45.3 Å². The maximum absolute atomic E-state index is 12.2. The number of benzene rings is 1. The summed E-state index contributed by atoms with van der Waals surface area (Å²) in [6.45, 7) is 6.49. The third-order valence-electron chi connectivity index (χ3n) is 4.37. The van der Waals surface area contributed by atoms with Crippen LogP contribution in [0.5, 0.6) is 0 Å². The summed E-state index contributed by atoms with van der Waals surface area (Å²) in [7, 11) is 0. The highest BCUT2D eigenvalue weighted by Gasteiger charge is 2.32. The second-order valence-electron chi connectivity index (χ2n) is 7.86. The zero-order valence-corrected chi connectivity index (χ0v) is 17.7. The number of allylic oxidation sites excluding steroid dienone is 2. The van der Waals surface area contributed by atoms with Crippen molar-refractivity contribution in [2.24, 2.45) is 15.6 Å². The lowest BCUT2D eigenvalue weighted by molar-refractivity contribution is -0.122. The molecule has 1 aliphatic heterocycles. The van der Waals surface area contributed by atoms with Gasteiger partial charge in [0.05, 0.1) is 5.71 Å². The van der Waals surface area contributed by atoms with Gasteiger partial charge in [0.2, 0.25) is 11.8 Å². The van der Waals surface area contributed by atoms with E-state index in [1.54, 1.807) is 24.3 Å². The molecule has 28 heavy (non-hydrogen) atoms. The van der Waals surface area contributed by atoms with Gasteiger partial charge in [0.25, 0.3) is 0 Å². The Morgan fingerprint density at radius 1 is 1.29 bits per heavy atom. The first-order valence-corrected chi connectivity index (χ1v) is 10.3. The summed E-state index contributed by atoms with van der Waals surface area (Å²) in [6.07, 6.45) is 3.99. The average molecular weight is 419 g/mol. The van der Waals surface area contributed by atoms with Crippen LogP contribution in [-0.4, -0.2) is 27.9 Å². The number of carbonyl (C=O) groups is 2. The zero-order valence-electron chi connectivity index (χ0n) is 16.1. The van der Waals surface area contributed by atoms with E-state index in [1.807, 2.05) is 6.08 Å². The lowest BCUT2D eigenvalue weighted by atomic mass is 9.77. The van der Waals surface area contributed by atoms with Gasteiger partial charge in [-0.2, -0.15) is 5.10 Å². The number of hydrogen-bond acceptors (Lipinski definition) is 5. The maximum Gasteiger partial charge on any atom is 0.240 e. The average Bonchev–Trinajstić information content (AvgIpc) is 2.93. The molecule has 1 aromatic carbocycles. The van der Waals surface area contributed by atoms with E-state index in [0.29, 0.717) is 15.9 Å². The van der Waals surface area contributed by atoms with E-state index in [-0.39, 0.29) is 23.7 Å². The quantitative estimate of drug-likeness (QED) is 0.712. The molecule has 1 saturated heterocycles. The van der Waals surface area contributed by atoms with Gasteiger partial charge < -0.3 is 10.6 Å². The van der Waals surface area contributed by atoms with Gasteiger partial charge in [-0.1, -0.05) is 42.8 Å². The number of anilines is 1.